The lowest BCUT2D eigenvalue weighted by atomic mass is 9.96. The molecule has 2 heterocycles. The molecule has 6 heteroatoms. The van der Waals surface area contributed by atoms with Gasteiger partial charge < -0.3 is 14.9 Å². The second-order valence-electron chi connectivity index (χ2n) is 7.16. The number of fused-ring (bicyclic) bond motifs is 1. The molecular weight excluding hydrogens is 316 g/mol. The molecule has 6 nitrogen and oxygen atoms in total. The summed E-state index contributed by atoms with van der Waals surface area (Å²) in [4.78, 5) is 32.3. The van der Waals surface area contributed by atoms with Crippen LogP contribution in [0.25, 0.3) is 10.9 Å². The standard InChI is InChI=1S/C19H22N4O2/c1-19(2,3)18-21-11-12(22-18)10-20-17(25)15-9-16(24)13-7-5-6-8-14(13)23(15)4/h5-9,11H,10H2,1-4H3,(H,20,25)(H,21,22). The lowest BCUT2D eigenvalue weighted by Gasteiger charge is -2.14. The average Bonchev–Trinajstić information content (AvgIpc) is 3.05. The molecule has 130 valence electrons. The Morgan fingerprint density at radius 3 is 2.68 bits per heavy atom. The minimum atomic E-state index is -0.294. The number of benzene rings is 1. The van der Waals surface area contributed by atoms with Crippen molar-refractivity contribution in [2.24, 2.45) is 7.05 Å². The van der Waals surface area contributed by atoms with Crippen LogP contribution in [0.15, 0.2) is 41.3 Å². The SMILES string of the molecule is Cn1c(C(=O)NCc2cnc(C(C)(C)C)[nH]2)cc(=O)c2ccccc21. The van der Waals surface area contributed by atoms with Crippen LogP contribution in [0.2, 0.25) is 0 Å². The fraction of sp³-hybridized carbons (Fsp3) is 0.316. The summed E-state index contributed by atoms with van der Waals surface area (Å²) >= 11 is 0. The number of carbonyl (C=O) groups is 1. The van der Waals surface area contributed by atoms with Gasteiger partial charge in [-0.15, -0.1) is 0 Å². The number of imidazole rings is 1. The first kappa shape index (κ1) is 17.0. The molecule has 0 atom stereocenters. The van der Waals surface area contributed by atoms with Crippen LogP contribution < -0.4 is 10.7 Å². The number of amides is 1. The normalized spacial score (nSPS) is 11.7. The second-order valence-corrected chi connectivity index (χ2v) is 7.16. The zero-order chi connectivity index (χ0) is 18.2. The Kier molecular flexibility index (Phi) is 4.20. The van der Waals surface area contributed by atoms with Gasteiger partial charge in [-0.2, -0.15) is 0 Å². The summed E-state index contributed by atoms with van der Waals surface area (Å²) in [5.41, 5.74) is 1.65. The molecule has 0 fully saturated rings. The quantitative estimate of drug-likeness (QED) is 0.770. The lowest BCUT2D eigenvalue weighted by molar-refractivity contribution is 0.0942. The number of carbonyl (C=O) groups excluding carboxylic acids is 1. The zero-order valence-electron chi connectivity index (χ0n) is 14.9. The van der Waals surface area contributed by atoms with Crippen molar-refractivity contribution in [2.75, 3.05) is 0 Å². The van der Waals surface area contributed by atoms with E-state index in [-0.39, 0.29) is 16.8 Å². The topological polar surface area (TPSA) is 79.8 Å². The van der Waals surface area contributed by atoms with Crippen LogP contribution in [0.5, 0.6) is 0 Å². The first-order valence-corrected chi connectivity index (χ1v) is 8.18. The summed E-state index contributed by atoms with van der Waals surface area (Å²) < 4.78 is 1.74. The summed E-state index contributed by atoms with van der Waals surface area (Å²) in [7, 11) is 1.78. The van der Waals surface area contributed by atoms with E-state index in [4.69, 9.17) is 0 Å². The minimum Gasteiger partial charge on any atom is -0.345 e. The van der Waals surface area contributed by atoms with E-state index >= 15 is 0 Å². The number of nitrogens with zero attached hydrogens (tertiary/aromatic N) is 2. The van der Waals surface area contributed by atoms with Crippen LogP contribution in [0.4, 0.5) is 0 Å². The molecule has 0 aliphatic carbocycles. The molecule has 0 bridgehead atoms. The lowest BCUT2D eigenvalue weighted by Crippen LogP contribution is -2.28. The highest BCUT2D eigenvalue weighted by Crippen LogP contribution is 2.18. The summed E-state index contributed by atoms with van der Waals surface area (Å²) in [6.07, 6.45) is 1.72. The van der Waals surface area contributed by atoms with Crippen LogP contribution in [0.3, 0.4) is 0 Å². The number of aromatic nitrogens is 3. The molecule has 2 aromatic heterocycles. The molecule has 3 aromatic rings. The summed E-state index contributed by atoms with van der Waals surface area (Å²) in [6.45, 7) is 6.53. The maximum Gasteiger partial charge on any atom is 0.268 e. The molecule has 0 aliphatic heterocycles. The fourth-order valence-corrected chi connectivity index (χ4v) is 2.72. The van der Waals surface area contributed by atoms with E-state index in [1.165, 1.54) is 6.07 Å². The molecule has 0 aliphatic rings. The molecule has 0 saturated heterocycles. The zero-order valence-corrected chi connectivity index (χ0v) is 14.9. The number of hydrogen-bond acceptors (Lipinski definition) is 3. The summed E-state index contributed by atoms with van der Waals surface area (Å²) in [6, 6.07) is 8.64. The van der Waals surface area contributed by atoms with Crippen molar-refractivity contribution in [3.05, 3.63) is 64.0 Å². The fourth-order valence-electron chi connectivity index (χ4n) is 2.72. The molecular formula is C19H22N4O2. The monoisotopic (exact) mass is 338 g/mol. The smallest absolute Gasteiger partial charge is 0.268 e. The van der Waals surface area contributed by atoms with Crippen LogP contribution in [-0.4, -0.2) is 20.4 Å². The Morgan fingerprint density at radius 2 is 2.00 bits per heavy atom. The van der Waals surface area contributed by atoms with Gasteiger partial charge in [0.05, 0.1) is 24.0 Å². The molecule has 25 heavy (non-hydrogen) atoms. The van der Waals surface area contributed by atoms with Gasteiger partial charge in [-0.05, 0) is 12.1 Å². The van der Waals surface area contributed by atoms with Crippen LogP contribution >= 0.6 is 0 Å². The van der Waals surface area contributed by atoms with E-state index in [2.05, 4.69) is 36.1 Å². The van der Waals surface area contributed by atoms with E-state index in [9.17, 15) is 9.59 Å². The molecule has 0 spiro atoms. The Hall–Kier alpha value is -2.89. The van der Waals surface area contributed by atoms with Crippen molar-refractivity contribution in [3.63, 3.8) is 0 Å². The van der Waals surface area contributed by atoms with E-state index in [0.717, 1.165) is 17.0 Å². The third-order valence-electron chi connectivity index (χ3n) is 4.17. The van der Waals surface area contributed by atoms with Crippen LogP contribution in [-0.2, 0) is 19.0 Å². The van der Waals surface area contributed by atoms with E-state index in [0.29, 0.717) is 17.6 Å². The van der Waals surface area contributed by atoms with E-state index in [1.807, 2.05) is 18.2 Å². The van der Waals surface area contributed by atoms with Crippen molar-refractivity contribution in [2.45, 2.75) is 32.7 Å². The number of nitrogens with one attached hydrogen (secondary N) is 2. The van der Waals surface area contributed by atoms with E-state index < -0.39 is 0 Å². The first-order chi connectivity index (χ1) is 11.8. The van der Waals surface area contributed by atoms with Crippen molar-refractivity contribution >= 4 is 16.8 Å². The van der Waals surface area contributed by atoms with Crippen molar-refractivity contribution < 1.29 is 4.79 Å². The molecule has 3 rings (SSSR count). The number of rotatable bonds is 3. The maximum atomic E-state index is 12.5. The Labute approximate surface area is 145 Å². The number of pyridine rings is 1. The van der Waals surface area contributed by atoms with Crippen LogP contribution in [0, 0.1) is 0 Å². The maximum absolute atomic E-state index is 12.5. The third kappa shape index (κ3) is 3.33. The second kappa shape index (κ2) is 6.20. The van der Waals surface area contributed by atoms with Gasteiger partial charge in [0.15, 0.2) is 5.43 Å². The van der Waals surface area contributed by atoms with Crippen molar-refractivity contribution in [1.29, 1.82) is 0 Å². The average molecular weight is 338 g/mol. The predicted molar refractivity (Wildman–Crippen MR) is 97.6 cm³/mol. The minimum absolute atomic E-state index is 0.0789. The number of aromatic amines is 1. The highest BCUT2D eigenvalue weighted by Gasteiger charge is 2.18. The largest absolute Gasteiger partial charge is 0.345 e. The number of H-pyrrole nitrogens is 1. The Balaban J connectivity index is 1.82. The van der Waals surface area contributed by atoms with Gasteiger partial charge in [-0.25, -0.2) is 4.98 Å². The molecule has 0 radical (unpaired) electrons. The van der Waals surface area contributed by atoms with Gasteiger partial charge in [0.2, 0.25) is 0 Å². The van der Waals surface area contributed by atoms with Crippen molar-refractivity contribution in [1.82, 2.24) is 19.9 Å². The highest BCUT2D eigenvalue weighted by molar-refractivity contribution is 5.95. The van der Waals surface area contributed by atoms with Crippen molar-refractivity contribution in [3.8, 4) is 0 Å². The first-order valence-electron chi connectivity index (χ1n) is 8.18. The van der Waals surface area contributed by atoms with Gasteiger partial charge in [-0.3, -0.25) is 9.59 Å². The summed E-state index contributed by atoms with van der Waals surface area (Å²) in [5.74, 6) is 0.576. The van der Waals surface area contributed by atoms with Gasteiger partial charge in [0.1, 0.15) is 11.5 Å². The molecule has 2 N–H and O–H groups in total. The number of hydrogen-bond donors (Lipinski definition) is 2. The molecule has 0 saturated carbocycles. The Bertz CT molecular complexity index is 993. The van der Waals surface area contributed by atoms with Gasteiger partial charge in [0, 0.05) is 23.9 Å². The summed E-state index contributed by atoms with van der Waals surface area (Å²) in [5, 5.41) is 3.44. The van der Waals surface area contributed by atoms with E-state index in [1.54, 1.807) is 23.9 Å². The van der Waals surface area contributed by atoms with Crippen LogP contribution in [0.1, 0.15) is 42.8 Å². The number of aryl methyl sites for hydroxylation is 1. The molecule has 1 amide bonds. The molecule has 1 aromatic carbocycles. The number of para-hydroxylation sites is 1. The Morgan fingerprint density at radius 1 is 1.28 bits per heavy atom. The van der Waals surface area contributed by atoms with Gasteiger partial charge in [0.25, 0.3) is 5.91 Å². The molecule has 0 unspecified atom stereocenters. The predicted octanol–water partition coefficient (Wildman–Crippen LogP) is 2.49. The van der Waals surface area contributed by atoms with Gasteiger partial charge in [-0.1, -0.05) is 32.9 Å². The van der Waals surface area contributed by atoms with Gasteiger partial charge >= 0.3 is 0 Å². The third-order valence-corrected chi connectivity index (χ3v) is 4.17. The highest BCUT2D eigenvalue weighted by atomic mass is 16.2.